The van der Waals surface area contributed by atoms with Crippen LogP contribution in [0.3, 0.4) is 0 Å². The summed E-state index contributed by atoms with van der Waals surface area (Å²) in [7, 11) is -0.812. The molecule has 0 saturated heterocycles. The van der Waals surface area contributed by atoms with Gasteiger partial charge in [-0.1, -0.05) is 20.8 Å². The fraction of sp³-hybridized carbons (Fsp3) is 0.889. The van der Waals surface area contributed by atoms with E-state index in [1.165, 1.54) is 6.42 Å². The van der Waals surface area contributed by atoms with E-state index in [2.05, 4.69) is 33.9 Å². The van der Waals surface area contributed by atoms with Crippen molar-refractivity contribution in [3.63, 3.8) is 0 Å². The highest BCUT2D eigenvalue weighted by Gasteiger charge is 2.09. The molecule has 0 amide bonds. The van der Waals surface area contributed by atoms with Crippen molar-refractivity contribution in [3.05, 3.63) is 6.61 Å². The average molecular weight is 173 g/mol. The van der Waals surface area contributed by atoms with Gasteiger partial charge in [0.05, 0.1) is 6.61 Å². The Morgan fingerprint density at radius 1 is 1.27 bits per heavy atom. The van der Waals surface area contributed by atoms with Crippen LogP contribution >= 0.6 is 0 Å². The molecule has 0 unspecified atom stereocenters. The lowest BCUT2D eigenvalue weighted by Crippen LogP contribution is -2.08. The fourth-order valence-corrected chi connectivity index (χ4v) is 1.27. The first-order chi connectivity index (χ1) is 4.92. The predicted octanol–water partition coefficient (Wildman–Crippen LogP) is 2.97. The van der Waals surface area contributed by atoms with E-state index in [1.807, 2.05) is 6.61 Å². The summed E-state index contributed by atoms with van der Waals surface area (Å²) in [5.41, 5.74) is 0.443. The summed E-state index contributed by atoms with van der Waals surface area (Å²) < 4.78 is 5.45. The summed E-state index contributed by atoms with van der Waals surface area (Å²) in [5, 5.41) is 0. The lowest BCUT2D eigenvalue weighted by atomic mass is 9.91. The molecule has 0 bridgehead atoms. The molecule has 2 heteroatoms. The van der Waals surface area contributed by atoms with Crippen LogP contribution in [0.4, 0.5) is 0 Å². The van der Waals surface area contributed by atoms with Gasteiger partial charge in [0.2, 0.25) is 0 Å². The van der Waals surface area contributed by atoms with E-state index >= 15 is 0 Å². The van der Waals surface area contributed by atoms with Gasteiger partial charge in [-0.15, -0.1) is 0 Å². The molecule has 0 aliphatic heterocycles. The van der Waals surface area contributed by atoms with Crippen molar-refractivity contribution in [1.82, 2.24) is 0 Å². The van der Waals surface area contributed by atoms with Crippen LogP contribution in [0.1, 0.15) is 33.6 Å². The molecule has 0 aromatic heterocycles. The monoisotopic (exact) mass is 173 g/mol. The molecule has 0 atom stereocenters. The highest BCUT2D eigenvalue weighted by Crippen LogP contribution is 2.21. The average Bonchev–Trinajstić information content (AvgIpc) is 1.78. The maximum atomic E-state index is 5.45. The van der Waals surface area contributed by atoms with Crippen LogP contribution in [0.15, 0.2) is 0 Å². The third-order valence-corrected chi connectivity index (χ3v) is 2.12. The Hall–Kier alpha value is 0.177. The summed E-state index contributed by atoms with van der Waals surface area (Å²) >= 11 is 0. The zero-order valence-corrected chi connectivity index (χ0v) is 9.63. The van der Waals surface area contributed by atoms with Gasteiger partial charge >= 0.3 is 0 Å². The second-order valence-electron chi connectivity index (χ2n) is 4.45. The zero-order valence-electron chi connectivity index (χ0n) is 8.48. The van der Waals surface area contributed by atoms with E-state index < -0.39 is 9.04 Å². The maximum absolute atomic E-state index is 5.45. The molecule has 0 aliphatic carbocycles. The second kappa shape index (κ2) is 4.94. The van der Waals surface area contributed by atoms with Gasteiger partial charge in [-0.3, -0.25) is 0 Å². The largest absolute Gasteiger partial charge is 0.415 e. The Labute approximate surface area is 72.9 Å². The Kier molecular flexibility index (Phi) is 5.02. The molecule has 0 spiro atoms. The molecule has 1 radical (unpaired) electrons. The van der Waals surface area contributed by atoms with Crippen molar-refractivity contribution in [2.75, 3.05) is 0 Å². The maximum Gasteiger partial charge on any atom is 0.171 e. The van der Waals surface area contributed by atoms with Crippen LogP contribution in [0.25, 0.3) is 0 Å². The first-order valence-electron chi connectivity index (χ1n) is 4.39. The molecular formula is C9H21OSi. The highest BCUT2D eigenvalue weighted by molar-refractivity contribution is 6.48. The SMILES string of the molecule is C[SiH](C)O[CH]CCC(C)(C)C. The molecule has 0 fully saturated rings. The molecule has 0 heterocycles. The number of rotatable bonds is 4. The van der Waals surface area contributed by atoms with Gasteiger partial charge in [-0.05, 0) is 31.4 Å². The minimum atomic E-state index is -0.812. The van der Waals surface area contributed by atoms with Gasteiger partial charge in [-0.25, -0.2) is 0 Å². The second-order valence-corrected chi connectivity index (χ2v) is 6.82. The smallest absolute Gasteiger partial charge is 0.171 e. The molecule has 67 valence electrons. The van der Waals surface area contributed by atoms with Gasteiger partial charge < -0.3 is 4.43 Å². The van der Waals surface area contributed by atoms with Crippen LogP contribution in [-0.2, 0) is 4.43 Å². The predicted molar refractivity (Wildman–Crippen MR) is 53.0 cm³/mol. The van der Waals surface area contributed by atoms with Crippen molar-refractivity contribution in [3.8, 4) is 0 Å². The molecule has 1 nitrogen and oxygen atoms in total. The normalized spacial score (nSPS) is 12.5. The van der Waals surface area contributed by atoms with E-state index in [0.717, 1.165) is 6.42 Å². The summed E-state index contributed by atoms with van der Waals surface area (Å²) in [5.74, 6) is 0. The lowest BCUT2D eigenvalue weighted by Gasteiger charge is -2.17. The summed E-state index contributed by atoms with van der Waals surface area (Å²) in [6, 6.07) is 0. The van der Waals surface area contributed by atoms with Gasteiger partial charge in [0.15, 0.2) is 9.04 Å². The molecule has 0 aliphatic rings. The Morgan fingerprint density at radius 2 is 1.82 bits per heavy atom. The lowest BCUT2D eigenvalue weighted by molar-refractivity contribution is 0.327. The minimum absolute atomic E-state index is 0.443. The highest BCUT2D eigenvalue weighted by atomic mass is 28.3. The Morgan fingerprint density at radius 3 is 2.18 bits per heavy atom. The quantitative estimate of drug-likeness (QED) is 0.469. The third kappa shape index (κ3) is 10.2. The van der Waals surface area contributed by atoms with Gasteiger partial charge in [0.1, 0.15) is 0 Å². The summed E-state index contributed by atoms with van der Waals surface area (Å²) in [6.07, 6.45) is 2.31. The fourth-order valence-electron chi connectivity index (χ4n) is 0.752. The first kappa shape index (κ1) is 11.2. The van der Waals surface area contributed by atoms with Crippen LogP contribution < -0.4 is 0 Å². The minimum Gasteiger partial charge on any atom is -0.415 e. The topological polar surface area (TPSA) is 9.23 Å². The Balaban J connectivity index is 3.15. The van der Waals surface area contributed by atoms with Gasteiger partial charge in [0, 0.05) is 0 Å². The molecule has 0 saturated carbocycles. The van der Waals surface area contributed by atoms with Gasteiger partial charge in [-0.2, -0.15) is 0 Å². The molecule has 11 heavy (non-hydrogen) atoms. The van der Waals surface area contributed by atoms with E-state index in [0.29, 0.717) is 5.41 Å². The third-order valence-electron chi connectivity index (χ3n) is 1.38. The van der Waals surface area contributed by atoms with Crippen molar-refractivity contribution in [2.45, 2.75) is 46.7 Å². The van der Waals surface area contributed by atoms with E-state index in [-0.39, 0.29) is 0 Å². The Bertz CT molecular complexity index is 94.2. The zero-order chi connectivity index (χ0) is 8.91. The van der Waals surface area contributed by atoms with Crippen molar-refractivity contribution in [2.24, 2.45) is 5.41 Å². The van der Waals surface area contributed by atoms with Crippen LogP contribution in [-0.4, -0.2) is 9.04 Å². The van der Waals surface area contributed by atoms with Crippen LogP contribution in [0, 0.1) is 12.0 Å². The van der Waals surface area contributed by atoms with Gasteiger partial charge in [0.25, 0.3) is 0 Å². The van der Waals surface area contributed by atoms with E-state index in [1.54, 1.807) is 0 Å². The first-order valence-corrected chi connectivity index (χ1v) is 7.17. The summed E-state index contributed by atoms with van der Waals surface area (Å²) in [4.78, 5) is 0. The van der Waals surface area contributed by atoms with Crippen LogP contribution in [0.5, 0.6) is 0 Å². The molecule has 0 rings (SSSR count). The molecule has 0 aromatic carbocycles. The molecular weight excluding hydrogens is 152 g/mol. The van der Waals surface area contributed by atoms with E-state index in [9.17, 15) is 0 Å². The van der Waals surface area contributed by atoms with Crippen LogP contribution in [0.2, 0.25) is 13.1 Å². The summed E-state index contributed by atoms with van der Waals surface area (Å²) in [6.45, 7) is 13.1. The van der Waals surface area contributed by atoms with Crippen molar-refractivity contribution < 1.29 is 4.43 Å². The van der Waals surface area contributed by atoms with Crippen molar-refractivity contribution in [1.29, 1.82) is 0 Å². The standard InChI is InChI=1S/C9H21OSi/c1-9(2,3)7-6-8-10-11(4)5/h8,11H,6-7H2,1-5H3. The van der Waals surface area contributed by atoms with Crippen molar-refractivity contribution >= 4 is 9.04 Å². The van der Waals surface area contributed by atoms with E-state index in [4.69, 9.17) is 4.43 Å². The molecule has 0 aromatic rings. The number of hydrogen-bond donors (Lipinski definition) is 0. The number of hydrogen-bond acceptors (Lipinski definition) is 1. The molecule has 0 N–H and O–H groups in total.